The summed E-state index contributed by atoms with van der Waals surface area (Å²) < 4.78 is 4.26. The van der Waals surface area contributed by atoms with Crippen molar-refractivity contribution >= 4 is 0 Å². The van der Waals surface area contributed by atoms with Gasteiger partial charge >= 0.3 is 21.7 Å². The van der Waals surface area contributed by atoms with Gasteiger partial charge in [0, 0.05) is 105 Å². The van der Waals surface area contributed by atoms with E-state index < -0.39 is 0 Å². The Kier molecular flexibility index (Phi) is 297. The average molecular weight is 2080 g/mol. The first-order valence-electron chi connectivity index (χ1n) is 26.4. The van der Waals surface area contributed by atoms with Gasteiger partial charge < -0.3 is 117 Å². The van der Waals surface area contributed by atoms with Crippen molar-refractivity contribution < 1.29 is 244 Å². The van der Waals surface area contributed by atoms with Crippen LogP contribution >= 0.6 is 0 Å². The van der Waals surface area contributed by atoms with Crippen LogP contribution in [0.3, 0.4) is 0 Å². The molecule has 0 aliphatic rings. The van der Waals surface area contributed by atoms with E-state index >= 15 is 0 Å². The zero-order chi connectivity index (χ0) is 44.1. The first-order valence-corrected chi connectivity index (χ1v) is 26.4. The molecule has 0 saturated carbocycles. The number of para-hydroxylation sites is 1. The quantitative estimate of drug-likeness (QED) is 0.0459. The number of hydrogen-bond donors (Lipinski definition) is 0. The molecule has 0 aromatic heterocycles. The minimum atomic E-state index is 0. The van der Waals surface area contributed by atoms with E-state index in [1.54, 1.807) is 12.1 Å². The van der Waals surface area contributed by atoms with Crippen molar-refractivity contribution in [1.82, 2.24) is 0 Å². The minimum absolute atomic E-state index is 0. The van der Waals surface area contributed by atoms with E-state index in [0.29, 0.717) is 0 Å². The molecule has 0 heterocycles. The second-order valence-electron chi connectivity index (χ2n) is 18.3. The summed E-state index contributed by atoms with van der Waals surface area (Å²) in [5.41, 5.74) is 0. The molecule has 0 amide bonds. The van der Waals surface area contributed by atoms with Crippen LogP contribution in [-0.2, 0) is 226 Å². The zero-order valence-corrected chi connectivity index (χ0v) is 68.7. The summed E-state index contributed by atoms with van der Waals surface area (Å²) in [7, 11) is 0. The Hall–Kier alpha value is 2.34. The first-order chi connectivity index (χ1) is 28.1. The van der Waals surface area contributed by atoms with Crippen LogP contribution < -0.4 is 5.11 Å². The van der Waals surface area contributed by atoms with E-state index in [-0.39, 0.29) is 231 Å². The molecule has 0 bridgehead atoms. The Balaban J connectivity index is -0.0000000183. The van der Waals surface area contributed by atoms with Crippen molar-refractivity contribution in [2.75, 3.05) is 78.5 Å². The summed E-state index contributed by atoms with van der Waals surface area (Å²) in [6, 6.07) is 8.33. The Morgan fingerprint density at radius 1 is 0.220 bits per heavy atom. The molecule has 82 heavy (non-hydrogen) atoms. The maximum Gasteiger partial charge on any atom is 4.00 e. The zero-order valence-electron chi connectivity index (χ0n) is 52.5. The molecule has 22 nitrogen and oxygen atoms in total. The van der Waals surface area contributed by atoms with E-state index in [1.165, 1.54) is 258 Å². The number of hydrogen-bond acceptors (Lipinski definition) is 1. The molecule has 1 rings (SSSR count). The molecule has 1 aromatic rings. The monoisotopic (exact) mass is 2080 g/mol. The maximum absolute atomic E-state index is 10.3. The topological polar surface area (TPSA) is 536 Å². The molecule has 0 aliphatic heterocycles. The van der Waals surface area contributed by atoms with Crippen molar-refractivity contribution in [2.24, 2.45) is 0 Å². The van der Waals surface area contributed by atoms with E-state index in [1.807, 2.05) is 6.07 Å². The molecule has 0 fully saturated rings. The SMILES string of the molecule is CCCC[N+](CCCC)(CCCC)CCCC.CCCC[N+](CCCC)(CCCC)CCCC.CCCC[N+](CCCC)(CCCC)CCCC.[O-2].[O-2].[O-2].[O-2].[O-2].[O-2].[O-2].[O-2].[O-2].[O-2].[O-2].[O-2].[O-2].[O-2].[O-2].[O-2].[O-2].[O-2].[O-]c1ccccc1.[Ti+4].[W].[W].[W].[W].[W]. The Morgan fingerprint density at radius 3 is 0.378 bits per heavy atom. The van der Waals surface area contributed by atoms with Crippen molar-refractivity contribution in [3.63, 3.8) is 0 Å². The van der Waals surface area contributed by atoms with Crippen LogP contribution in [-0.4, -0.2) is 92.0 Å². The standard InChI is InChI=1S/3C16H36N.C6H6O.18O.Ti.5W/c3*1-5-9-13-17(14-10-6-2,15-11-7-3)16-12-8-4;7-6-4-2-1-3-5-6;;;;;;;;;;;;;;;;;;;;;;;;/h3*5-16H2,1-4H3;1-5,7H;;;;;;;;;;;;;;;;;;;;;;;;/q3*+1;;18*-2;+4;;;;;/p-1. The summed E-state index contributed by atoms with van der Waals surface area (Å²) in [6.45, 7) is 45.1. The minimum Gasteiger partial charge on any atom is -2.00 e. The molecule has 0 spiro atoms. The predicted octanol–water partition coefficient (Wildman–Crippen LogP) is 13.6. The molecule has 0 N–H and O–H groups in total. The number of nitrogens with zero attached hydrogens (tertiary/aromatic N) is 3. The van der Waals surface area contributed by atoms with E-state index in [9.17, 15) is 5.11 Å². The molecule has 0 unspecified atom stereocenters. The molecule has 522 valence electrons. The van der Waals surface area contributed by atoms with Crippen LogP contribution in [0.15, 0.2) is 30.3 Å². The molecule has 0 saturated heterocycles. The second-order valence-corrected chi connectivity index (χ2v) is 18.3. The van der Waals surface area contributed by atoms with Crippen LogP contribution in [0.1, 0.15) is 237 Å². The van der Waals surface area contributed by atoms with Gasteiger partial charge in [-0.2, -0.15) is 0 Å². The number of benzene rings is 1. The van der Waals surface area contributed by atoms with Gasteiger partial charge in [0.15, 0.2) is 0 Å². The smallest absolute Gasteiger partial charge is 2.00 e. The van der Waals surface area contributed by atoms with Crippen LogP contribution in [0.25, 0.3) is 0 Å². The Morgan fingerprint density at radius 2 is 0.317 bits per heavy atom. The third kappa shape index (κ3) is 110. The van der Waals surface area contributed by atoms with E-state index in [0.717, 1.165) is 0 Å². The Labute approximate surface area is 590 Å². The fourth-order valence-electron chi connectivity index (χ4n) is 8.36. The van der Waals surface area contributed by atoms with Gasteiger partial charge in [-0.25, -0.2) is 0 Å². The maximum atomic E-state index is 10.3. The number of unbranched alkanes of at least 4 members (excludes halogenated alkanes) is 12. The van der Waals surface area contributed by atoms with Gasteiger partial charge in [-0.05, 0) is 77.0 Å². The Bertz CT molecular complexity index is 781. The summed E-state index contributed by atoms with van der Waals surface area (Å²) >= 11 is 0. The van der Waals surface area contributed by atoms with Gasteiger partial charge in [-0.3, -0.25) is 0 Å². The molecule has 28 heteroatoms. The predicted molar refractivity (Wildman–Crippen MR) is 276 cm³/mol. The molecular formula is C54H113N3O19TiW5-30. The first kappa shape index (κ1) is 178. The van der Waals surface area contributed by atoms with Crippen LogP contribution in [0.5, 0.6) is 5.75 Å². The normalized spacial score (nSPS) is 8.20. The van der Waals surface area contributed by atoms with Gasteiger partial charge in [-0.1, -0.05) is 190 Å². The van der Waals surface area contributed by atoms with Gasteiger partial charge in [0.05, 0.1) is 78.5 Å². The summed E-state index contributed by atoms with van der Waals surface area (Å²) in [5.74, 6) is 0.0718. The average Bonchev–Trinajstić information content (AvgIpc) is 3.25. The van der Waals surface area contributed by atoms with Gasteiger partial charge in [0.1, 0.15) is 0 Å². The van der Waals surface area contributed by atoms with Gasteiger partial charge in [-0.15, -0.1) is 5.75 Å². The second kappa shape index (κ2) is 136. The van der Waals surface area contributed by atoms with Crippen LogP contribution in [0, 0.1) is 0 Å². The van der Waals surface area contributed by atoms with Gasteiger partial charge in [0.2, 0.25) is 0 Å². The van der Waals surface area contributed by atoms with E-state index in [2.05, 4.69) is 83.1 Å². The molecule has 0 atom stereocenters. The van der Waals surface area contributed by atoms with Crippen molar-refractivity contribution in [1.29, 1.82) is 0 Å². The van der Waals surface area contributed by atoms with Crippen molar-refractivity contribution in [3.05, 3.63) is 30.3 Å². The fraction of sp³-hybridized carbons (Fsp3) is 0.889. The summed E-state index contributed by atoms with van der Waals surface area (Å²) in [5, 5.41) is 10.3. The largest absolute Gasteiger partial charge is 4.00 e. The third-order valence-corrected chi connectivity index (χ3v) is 12.6. The molecule has 1 aromatic carbocycles. The fourth-order valence-corrected chi connectivity index (χ4v) is 8.36. The molecular weight excluding hydrogens is 1960 g/mol. The van der Waals surface area contributed by atoms with Crippen LogP contribution in [0.4, 0.5) is 0 Å². The molecule has 0 radical (unpaired) electrons. The van der Waals surface area contributed by atoms with E-state index in [4.69, 9.17) is 0 Å². The molecule has 0 aliphatic carbocycles. The van der Waals surface area contributed by atoms with Crippen molar-refractivity contribution in [2.45, 2.75) is 237 Å². The summed E-state index contributed by atoms with van der Waals surface area (Å²) in [4.78, 5) is 0. The van der Waals surface area contributed by atoms with Crippen LogP contribution in [0.2, 0.25) is 0 Å². The third-order valence-electron chi connectivity index (χ3n) is 12.6. The van der Waals surface area contributed by atoms with Gasteiger partial charge in [0.25, 0.3) is 0 Å². The number of quaternary nitrogens is 3. The van der Waals surface area contributed by atoms with Crippen molar-refractivity contribution in [3.8, 4) is 5.75 Å². The summed E-state index contributed by atoms with van der Waals surface area (Å²) in [6.07, 6.45) is 33.2. The number of rotatable bonds is 36.